The van der Waals surface area contributed by atoms with Crippen molar-refractivity contribution < 1.29 is 23.1 Å². The summed E-state index contributed by atoms with van der Waals surface area (Å²) < 4.78 is 26.7. The van der Waals surface area contributed by atoms with Crippen LogP contribution in [0.5, 0.6) is 0 Å². The first kappa shape index (κ1) is 38.4. The fourth-order valence-electron chi connectivity index (χ4n) is 5.94. The molecular weight excluding hydrogens is 582 g/mol. The third-order valence-corrected chi connectivity index (χ3v) is 13.5. The molecule has 0 spiro atoms. The minimum atomic E-state index is -2.97. The average Bonchev–Trinajstić information content (AvgIpc) is 3.04. The molecule has 1 amide bonds. The van der Waals surface area contributed by atoms with Crippen LogP contribution in [0.15, 0.2) is 72.8 Å². The van der Waals surface area contributed by atoms with Crippen molar-refractivity contribution in [3.63, 3.8) is 0 Å². The van der Waals surface area contributed by atoms with Gasteiger partial charge in [-0.15, -0.1) is 0 Å². The average molecular weight is 640 g/mol. The number of esters is 1. The number of methoxy groups -OCH3 is 1. The second kappa shape index (κ2) is 21.1. The van der Waals surface area contributed by atoms with Gasteiger partial charge in [-0.25, -0.2) is 9.18 Å². The number of hydrogen-bond donors (Lipinski definition) is 1. The molecule has 0 fully saturated rings. The molecule has 2 rings (SSSR count). The number of ether oxygens (including phenoxy) is 1. The second-order valence-electron chi connectivity index (χ2n) is 13.1. The van der Waals surface area contributed by atoms with Gasteiger partial charge in [0.05, 0.1) is 13.7 Å². The van der Waals surface area contributed by atoms with E-state index in [0.717, 1.165) is 29.6 Å². The zero-order chi connectivity index (χ0) is 33.0. The van der Waals surface area contributed by atoms with Crippen molar-refractivity contribution in [3.8, 4) is 0 Å². The van der Waals surface area contributed by atoms with Crippen LogP contribution in [0.2, 0.25) is 5.04 Å². The topological polar surface area (TPSA) is 64.6 Å². The van der Waals surface area contributed by atoms with Crippen molar-refractivity contribution in [1.29, 1.82) is 0 Å². The summed E-state index contributed by atoms with van der Waals surface area (Å²) in [7, 11) is -1.71. The number of benzene rings is 2. The monoisotopic (exact) mass is 639 g/mol. The van der Waals surface area contributed by atoms with Crippen LogP contribution < -0.4 is 15.7 Å². The molecule has 0 heterocycles. The van der Waals surface area contributed by atoms with Gasteiger partial charge in [-0.2, -0.15) is 0 Å². The van der Waals surface area contributed by atoms with Crippen molar-refractivity contribution in [2.24, 2.45) is 0 Å². The van der Waals surface area contributed by atoms with E-state index in [1.807, 2.05) is 36.4 Å². The largest absolute Gasteiger partial charge is 0.467 e. The van der Waals surface area contributed by atoms with Gasteiger partial charge in [0.1, 0.15) is 6.04 Å². The van der Waals surface area contributed by atoms with Crippen LogP contribution in [0.3, 0.4) is 0 Å². The number of rotatable bonds is 22. The van der Waals surface area contributed by atoms with Crippen LogP contribution in [0, 0.1) is 0 Å². The lowest BCUT2D eigenvalue weighted by atomic mass is 10.0. The van der Waals surface area contributed by atoms with Gasteiger partial charge < -0.3 is 14.5 Å². The van der Waals surface area contributed by atoms with Gasteiger partial charge >= 0.3 is 5.97 Å². The summed E-state index contributed by atoms with van der Waals surface area (Å²) in [4.78, 5) is 25.6. The Morgan fingerprint density at radius 3 is 1.71 bits per heavy atom. The van der Waals surface area contributed by atoms with Gasteiger partial charge in [0.25, 0.3) is 14.2 Å². The molecule has 2 aromatic rings. The van der Waals surface area contributed by atoms with E-state index < -0.39 is 32.4 Å². The van der Waals surface area contributed by atoms with Crippen molar-refractivity contribution in [2.45, 2.75) is 128 Å². The predicted octanol–water partition coefficient (Wildman–Crippen LogP) is 8.21. The Balaban J connectivity index is 1.91. The number of amides is 1. The molecule has 0 aliphatic rings. The Morgan fingerprint density at radius 2 is 1.27 bits per heavy atom. The summed E-state index contributed by atoms with van der Waals surface area (Å²) in [6.45, 7) is 8.50. The molecule has 7 heteroatoms. The van der Waals surface area contributed by atoms with Gasteiger partial charge in [-0.1, -0.05) is 165 Å². The molecule has 0 saturated carbocycles. The van der Waals surface area contributed by atoms with E-state index in [9.17, 15) is 14.0 Å². The second-order valence-corrected chi connectivity index (χ2v) is 17.4. The molecule has 1 unspecified atom stereocenters. The van der Waals surface area contributed by atoms with Gasteiger partial charge in [0.15, 0.2) is 6.17 Å². The Hall–Kier alpha value is -2.77. The smallest absolute Gasteiger partial charge is 0.330 e. The van der Waals surface area contributed by atoms with E-state index in [1.165, 1.54) is 77.4 Å². The first-order valence-corrected chi connectivity index (χ1v) is 19.0. The molecule has 2 aromatic carbocycles. The highest BCUT2D eigenvalue weighted by Gasteiger charge is 2.50. The molecule has 0 aliphatic carbocycles. The molecule has 5 nitrogen and oxygen atoms in total. The predicted molar refractivity (Wildman–Crippen MR) is 187 cm³/mol. The normalized spacial score (nSPS) is 13.5. The molecule has 0 aliphatic heterocycles. The number of unbranched alkanes of at least 4 members (excludes halogenated alkanes) is 12. The fraction of sp³-hybridized carbons (Fsp3) is 0.579. The van der Waals surface area contributed by atoms with Crippen molar-refractivity contribution in [3.05, 3.63) is 72.8 Å². The summed E-state index contributed by atoms with van der Waals surface area (Å²) >= 11 is 0. The summed E-state index contributed by atoms with van der Waals surface area (Å²) in [6.07, 6.45) is 17.1. The summed E-state index contributed by atoms with van der Waals surface area (Å²) in [5.41, 5.74) is 0. The number of alkyl halides is 1. The third kappa shape index (κ3) is 12.9. The van der Waals surface area contributed by atoms with Gasteiger partial charge in [-0.3, -0.25) is 4.79 Å². The maximum atomic E-state index is 14.9. The maximum Gasteiger partial charge on any atom is 0.330 e. The van der Waals surface area contributed by atoms with Crippen LogP contribution in [0.1, 0.15) is 111 Å². The standard InChI is InChI=1S/C38H58FNO4Si/c1-6-7-8-9-10-11-12-13-14-15-16-17-18-25-30-34(39)36(41)40-35(37(42)43-5)31-44-45(38(2,3)4,32-26-21-19-22-27-32)33-28-23-20-24-29-33/h19-30,34-35H,6-18,31H2,1-5H3,(H,40,41)/b30-25+/t34?,35-/m0/s1. The Kier molecular flexibility index (Phi) is 18.0. The van der Waals surface area contributed by atoms with Gasteiger partial charge in [0.2, 0.25) is 0 Å². The van der Waals surface area contributed by atoms with E-state index in [2.05, 4.69) is 57.3 Å². The lowest BCUT2D eigenvalue weighted by molar-refractivity contribution is -0.146. The highest BCUT2D eigenvalue weighted by molar-refractivity contribution is 6.99. The zero-order valence-electron chi connectivity index (χ0n) is 28.5. The van der Waals surface area contributed by atoms with Crippen LogP contribution in [0.4, 0.5) is 4.39 Å². The highest BCUT2D eigenvalue weighted by atomic mass is 28.4. The van der Waals surface area contributed by atoms with E-state index in [1.54, 1.807) is 6.08 Å². The van der Waals surface area contributed by atoms with Gasteiger partial charge in [0, 0.05) is 0 Å². The molecule has 0 aromatic heterocycles. The van der Waals surface area contributed by atoms with Crippen LogP contribution in [-0.4, -0.2) is 46.1 Å². The Labute approximate surface area is 273 Å². The first-order valence-electron chi connectivity index (χ1n) is 17.1. The van der Waals surface area contributed by atoms with E-state index in [-0.39, 0.29) is 11.6 Å². The molecule has 45 heavy (non-hydrogen) atoms. The van der Waals surface area contributed by atoms with Crippen molar-refractivity contribution in [1.82, 2.24) is 5.32 Å². The number of hydrogen-bond acceptors (Lipinski definition) is 4. The molecule has 0 saturated heterocycles. The molecule has 0 bridgehead atoms. The molecular formula is C38H58FNO4Si. The quantitative estimate of drug-likeness (QED) is 0.0611. The summed E-state index contributed by atoms with van der Waals surface area (Å²) in [5, 5.41) is 4.32. The van der Waals surface area contributed by atoms with E-state index >= 15 is 0 Å². The van der Waals surface area contributed by atoms with Crippen LogP contribution in [-0.2, 0) is 18.8 Å². The number of halogens is 1. The summed E-state index contributed by atoms with van der Waals surface area (Å²) in [5.74, 6) is -1.55. The maximum absolute atomic E-state index is 14.9. The minimum absolute atomic E-state index is 0.138. The van der Waals surface area contributed by atoms with Crippen molar-refractivity contribution in [2.75, 3.05) is 13.7 Å². The molecule has 2 atom stereocenters. The number of nitrogens with one attached hydrogen (secondary N) is 1. The summed E-state index contributed by atoms with van der Waals surface area (Å²) in [6, 6.07) is 18.9. The van der Waals surface area contributed by atoms with Gasteiger partial charge in [-0.05, 0) is 34.3 Å². The molecule has 250 valence electrons. The Bertz CT molecular complexity index is 1080. The molecule has 0 radical (unpaired) electrons. The van der Waals surface area contributed by atoms with E-state index in [4.69, 9.17) is 9.16 Å². The molecule has 1 N–H and O–H groups in total. The highest BCUT2D eigenvalue weighted by Crippen LogP contribution is 2.36. The number of carbonyl (C=O) groups excluding carboxylic acids is 2. The van der Waals surface area contributed by atoms with Crippen molar-refractivity contribution >= 4 is 30.6 Å². The van der Waals surface area contributed by atoms with E-state index in [0.29, 0.717) is 0 Å². The zero-order valence-corrected chi connectivity index (χ0v) is 29.5. The number of allylic oxidation sites excluding steroid dienone is 1. The SMILES string of the molecule is CCCCCCCCCCCCCC/C=C/C(F)C(=O)N[C@@H](CO[Si](c1ccccc1)(c1ccccc1)C(C)(C)C)C(=O)OC. The third-order valence-electron chi connectivity index (χ3n) is 8.47. The fourth-order valence-corrected chi connectivity index (χ4v) is 10.5. The lowest BCUT2D eigenvalue weighted by Gasteiger charge is -2.43. The van der Waals surface area contributed by atoms with Crippen LogP contribution >= 0.6 is 0 Å². The number of carbonyl (C=O) groups is 2. The minimum Gasteiger partial charge on any atom is -0.467 e. The first-order chi connectivity index (χ1) is 21.7. The lowest BCUT2D eigenvalue weighted by Crippen LogP contribution is -2.67. The Morgan fingerprint density at radius 1 is 0.800 bits per heavy atom. The van der Waals surface area contributed by atoms with Crippen LogP contribution in [0.25, 0.3) is 0 Å².